The van der Waals surface area contributed by atoms with Crippen molar-refractivity contribution >= 4 is 28.9 Å². The van der Waals surface area contributed by atoms with Gasteiger partial charge in [0.05, 0.1) is 0 Å². The zero-order valence-electron chi connectivity index (χ0n) is 20.4. The van der Waals surface area contributed by atoms with Gasteiger partial charge in [-0.15, -0.1) is 0 Å². The smallest absolute Gasteiger partial charge is 0.249 e. The topological polar surface area (TPSA) is 90.7 Å². The Hall–Kier alpha value is -3.06. The first-order chi connectivity index (χ1) is 17.0. The van der Waals surface area contributed by atoms with Crippen LogP contribution in [-0.4, -0.2) is 55.5 Å². The molecule has 7 heteroatoms. The molecule has 3 saturated heterocycles. The summed E-state index contributed by atoms with van der Waals surface area (Å²) in [6.07, 6.45) is 5.85. The lowest BCUT2D eigenvalue weighted by Gasteiger charge is -2.38. The fraction of sp³-hybridized carbons (Fsp3) is 0.500. The van der Waals surface area contributed by atoms with Crippen LogP contribution in [0.5, 0.6) is 0 Å². The van der Waals surface area contributed by atoms with Gasteiger partial charge in [-0.05, 0) is 99.0 Å². The fourth-order valence-electron chi connectivity index (χ4n) is 5.76. The van der Waals surface area contributed by atoms with Crippen LogP contribution >= 0.6 is 0 Å². The summed E-state index contributed by atoms with van der Waals surface area (Å²) in [6.45, 7) is 5.81. The maximum absolute atomic E-state index is 12.0. The van der Waals surface area contributed by atoms with Crippen LogP contribution in [-0.2, 0) is 9.59 Å². The molecule has 1 atom stereocenters. The summed E-state index contributed by atoms with van der Waals surface area (Å²) in [5.74, 6) is 0.976. The minimum Gasteiger partial charge on any atom is -0.399 e. The van der Waals surface area contributed by atoms with E-state index in [9.17, 15) is 9.59 Å². The molecule has 186 valence electrons. The van der Waals surface area contributed by atoms with E-state index in [0.29, 0.717) is 18.8 Å². The van der Waals surface area contributed by atoms with E-state index in [-0.39, 0.29) is 17.9 Å². The van der Waals surface area contributed by atoms with E-state index in [4.69, 9.17) is 5.73 Å². The number of amides is 2. The number of imide groups is 1. The highest BCUT2D eigenvalue weighted by molar-refractivity contribution is 6.01. The van der Waals surface area contributed by atoms with Crippen molar-refractivity contribution in [3.63, 3.8) is 0 Å². The third-order valence-corrected chi connectivity index (χ3v) is 7.94. The van der Waals surface area contributed by atoms with Crippen LogP contribution in [0.4, 0.5) is 17.1 Å². The van der Waals surface area contributed by atoms with Crippen LogP contribution in [0.2, 0.25) is 0 Å². The molecular formula is C28H37N5O2. The molecule has 0 aliphatic carbocycles. The molecular weight excluding hydrogens is 438 g/mol. The number of benzene rings is 2. The number of nitrogens with one attached hydrogen (secondary N) is 2. The second kappa shape index (κ2) is 10.7. The molecule has 0 bridgehead atoms. The van der Waals surface area contributed by atoms with Gasteiger partial charge in [0.15, 0.2) is 0 Å². The first-order valence-corrected chi connectivity index (χ1v) is 13.1. The highest BCUT2D eigenvalue weighted by Gasteiger charge is 2.27. The van der Waals surface area contributed by atoms with Crippen molar-refractivity contribution in [3.8, 4) is 0 Å². The Balaban J connectivity index is 1.05. The quantitative estimate of drug-likeness (QED) is 0.437. The Morgan fingerprint density at radius 3 is 2.20 bits per heavy atom. The standard InChI is InChI=1S/C28H37N5O2/c29-23-3-7-25(8-4-23)33-17-11-20(12-18-33)19-32-15-13-22(14-16-32)21-1-5-24(6-2-21)30-26-9-10-27(34)31-28(26)35/h1-8,20,22,26,30H,9-19,29H2,(H,31,34,35). The molecule has 3 aliphatic heterocycles. The average molecular weight is 476 g/mol. The van der Waals surface area contributed by atoms with Crippen molar-refractivity contribution in [1.82, 2.24) is 10.2 Å². The minimum atomic E-state index is -0.333. The van der Waals surface area contributed by atoms with E-state index in [2.05, 4.69) is 56.8 Å². The number of nitrogens with zero attached hydrogens (tertiary/aromatic N) is 2. The predicted molar refractivity (Wildman–Crippen MR) is 140 cm³/mol. The highest BCUT2D eigenvalue weighted by Crippen LogP contribution is 2.31. The molecule has 3 fully saturated rings. The molecule has 4 N–H and O–H groups in total. The molecule has 3 aliphatic rings. The first-order valence-electron chi connectivity index (χ1n) is 13.1. The van der Waals surface area contributed by atoms with Gasteiger partial charge in [-0.25, -0.2) is 0 Å². The highest BCUT2D eigenvalue weighted by atomic mass is 16.2. The summed E-state index contributed by atoms with van der Waals surface area (Å²) in [5.41, 5.74) is 10.3. The van der Waals surface area contributed by atoms with E-state index in [1.54, 1.807) is 0 Å². The molecule has 2 aromatic carbocycles. The molecule has 0 aromatic heterocycles. The van der Waals surface area contributed by atoms with Crippen molar-refractivity contribution < 1.29 is 9.59 Å². The largest absolute Gasteiger partial charge is 0.399 e. The Kier molecular flexibility index (Phi) is 7.23. The predicted octanol–water partition coefficient (Wildman–Crippen LogP) is 3.58. The van der Waals surface area contributed by atoms with Gasteiger partial charge >= 0.3 is 0 Å². The lowest BCUT2D eigenvalue weighted by molar-refractivity contribution is -0.133. The molecule has 7 nitrogen and oxygen atoms in total. The minimum absolute atomic E-state index is 0.182. The molecule has 3 heterocycles. The number of hydrogen-bond acceptors (Lipinski definition) is 6. The zero-order valence-corrected chi connectivity index (χ0v) is 20.4. The van der Waals surface area contributed by atoms with Crippen LogP contribution in [0, 0.1) is 5.92 Å². The van der Waals surface area contributed by atoms with Crippen molar-refractivity contribution in [2.45, 2.75) is 50.5 Å². The molecule has 5 rings (SSSR count). The van der Waals surface area contributed by atoms with Crippen molar-refractivity contribution in [3.05, 3.63) is 54.1 Å². The van der Waals surface area contributed by atoms with E-state index in [1.165, 1.54) is 56.6 Å². The van der Waals surface area contributed by atoms with Gasteiger partial charge < -0.3 is 20.9 Å². The van der Waals surface area contributed by atoms with Crippen molar-refractivity contribution in [1.29, 1.82) is 0 Å². The van der Waals surface area contributed by atoms with Gasteiger partial charge in [0.2, 0.25) is 11.8 Å². The molecule has 0 spiro atoms. The lowest BCUT2D eigenvalue weighted by Crippen LogP contribution is -2.47. The second-order valence-electron chi connectivity index (χ2n) is 10.4. The van der Waals surface area contributed by atoms with Gasteiger partial charge in [-0.3, -0.25) is 14.9 Å². The number of hydrogen-bond donors (Lipinski definition) is 3. The summed E-state index contributed by atoms with van der Waals surface area (Å²) >= 11 is 0. The van der Waals surface area contributed by atoms with Gasteiger partial charge in [0.1, 0.15) is 6.04 Å². The molecule has 2 amide bonds. The second-order valence-corrected chi connectivity index (χ2v) is 10.4. The van der Waals surface area contributed by atoms with Crippen LogP contribution < -0.4 is 21.3 Å². The number of nitrogens with two attached hydrogens (primary N) is 1. The third-order valence-electron chi connectivity index (χ3n) is 7.94. The molecule has 2 aromatic rings. The zero-order chi connectivity index (χ0) is 24.2. The third kappa shape index (κ3) is 5.96. The summed E-state index contributed by atoms with van der Waals surface area (Å²) < 4.78 is 0. The maximum Gasteiger partial charge on any atom is 0.249 e. The number of likely N-dealkylation sites (tertiary alicyclic amines) is 1. The van der Waals surface area contributed by atoms with Gasteiger partial charge in [-0.1, -0.05) is 12.1 Å². The van der Waals surface area contributed by atoms with E-state index >= 15 is 0 Å². The van der Waals surface area contributed by atoms with Gasteiger partial charge in [0, 0.05) is 43.1 Å². The van der Waals surface area contributed by atoms with Crippen LogP contribution in [0.3, 0.4) is 0 Å². The number of piperidine rings is 3. The Labute approximate surface area is 208 Å². The first kappa shape index (κ1) is 23.7. The summed E-state index contributed by atoms with van der Waals surface area (Å²) in [4.78, 5) is 28.5. The number of carbonyl (C=O) groups excluding carboxylic acids is 2. The van der Waals surface area contributed by atoms with Gasteiger partial charge in [-0.2, -0.15) is 0 Å². The Morgan fingerprint density at radius 2 is 1.54 bits per heavy atom. The van der Waals surface area contributed by atoms with Gasteiger partial charge in [0.25, 0.3) is 0 Å². The Morgan fingerprint density at radius 1 is 0.857 bits per heavy atom. The Bertz CT molecular complexity index is 1010. The van der Waals surface area contributed by atoms with E-state index in [1.807, 2.05) is 12.1 Å². The summed E-state index contributed by atoms with van der Waals surface area (Å²) in [6, 6.07) is 16.5. The molecule has 0 saturated carbocycles. The maximum atomic E-state index is 12.0. The monoisotopic (exact) mass is 475 g/mol. The molecule has 1 unspecified atom stereocenters. The fourth-order valence-corrected chi connectivity index (χ4v) is 5.76. The summed E-state index contributed by atoms with van der Waals surface area (Å²) in [5, 5.41) is 5.67. The van der Waals surface area contributed by atoms with Crippen LogP contribution in [0.1, 0.15) is 50.0 Å². The SMILES string of the molecule is Nc1ccc(N2CCC(CN3CCC(c4ccc(NC5CCC(=O)NC5=O)cc4)CC3)CC2)cc1. The van der Waals surface area contributed by atoms with Crippen LogP contribution in [0.25, 0.3) is 0 Å². The lowest BCUT2D eigenvalue weighted by atomic mass is 9.88. The van der Waals surface area contributed by atoms with E-state index < -0.39 is 0 Å². The number of nitrogen functional groups attached to an aromatic ring is 1. The number of anilines is 3. The number of carbonyl (C=O) groups is 2. The van der Waals surface area contributed by atoms with Crippen molar-refractivity contribution in [2.24, 2.45) is 5.92 Å². The number of rotatable bonds is 6. The van der Waals surface area contributed by atoms with Crippen LogP contribution in [0.15, 0.2) is 48.5 Å². The van der Waals surface area contributed by atoms with E-state index in [0.717, 1.165) is 30.4 Å². The summed E-state index contributed by atoms with van der Waals surface area (Å²) in [7, 11) is 0. The molecule has 35 heavy (non-hydrogen) atoms. The molecule has 0 radical (unpaired) electrons. The van der Waals surface area contributed by atoms with Crippen molar-refractivity contribution in [2.75, 3.05) is 48.7 Å². The normalized spacial score (nSPS) is 22.7. The average Bonchev–Trinajstić information content (AvgIpc) is 2.88.